The SMILES string of the molecule is O=C(c1ccc(Cl)c([N+](=O)[O-])c1)N1CCN(c2cccc(C(F)(F)F)c2)CC1. The second-order valence-corrected chi connectivity index (χ2v) is 6.66. The van der Waals surface area contributed by atoms with Gasteiger partial charge < -0.3 is 9.80 Å². The number of rotatable bonds is 3. The Bertz CT molecular complexity index is 912. The molecule has 0 unspecified atom stereocenters. The first-order valence-corrected chi connectivity index (χ1v) is 8.70. The van der Waals surface area contributed by atoms with Crippen molar-refractivity contribution in [1.29, 1.82) is 0 Å². The molecule has 2 aromatic rings. The van der Waals surface area contributed by atoms with Crippen molar-refractivity contribution < 1.29 is 22.9 Å². The lowest BCUT2D eigenvalue weighted by molar-refractivity contribution is -0.384. The van der Waals surface area contributed by atoms with E-state index in [1.165, 1.54) is 23.1 Å². The van der Waals surface area contributed by atoms with Crippen molar-refractivity contribution in [1.82, 2.24) is 4.90 Å². The summed E-state index contributed by atoms with van der Waals surface area (Å²) in [6.45, 7) is 1.27. The number of hydrogen-bond acceptors (Lipinski definition) is 4. The molecule has 0 bridgehead atoms. The fourth-order valence-corrected chi connectivity index (χ4v) is 3.20. The molecule has 0 spiro atoms. The normalized spacial score (nSPS) is 14.9. The number of nitrogens with zero attached hydrogens (tertiary/aromatic N) is 3. The zero-order chi connectivity index (χ0) is 20.5. The molecule has 0 aliphatic carbocycles. The third-order valence-electron chi connectivity index (χ3n) is 4.50. The number of carbonyl (C=O) groups excluding carboxylic acids is 1. The van der Waals surface area contributed by atoms with E-state index < -0.39 is 16.7 Å². The van der Waals surface area contributed by atoms with E-state index in [-0.39, 0.29) is 35.3 Å². The van der Waals surface area contributed by atoms with Crippen LogP contribution < -0.4 is 4.90 Å². The van der Waals surface area contributed by atoms with Crippen LogP contribution in [0.3, 0.4) is 0 Å². The van der Waals surface area contributed by atoms with Crippen molar-refractivity contribution in [3.05, 3.63) is 68.7 Å². The van der Waals surface area contributed by atoms with Crippen molar-refractivity contribution >= 4 is 28.9 Å². The fraction of sp³-hybridized carbons (Fsp3) is 0.278. The molecule has 1 saturated heterocycles. The predicted octanol–water partition coefficient (Wildman–Crippen LogP) is 4.23. The van der Waals surface area contributed by atoms with Gasteiger partial charge >= 0.3 is 6.18 Å². The summed E-state index contributed by atoms with van der Waals surface area (Å²) in [6.07, 6.45) is -4.42. The largest absolute Gasteiger partial charge is 0.416 e. The van der Waals surface area contributed by atoms with Crippen LogP contribution in [0.5, 0.6) is 0 Å². The molecule has 2 aromatic carbocycles. The molecule has 1 amide bonds. The molecule has 0 radical (unpaired) electrons. The second-order valence-electron chi connectivity index (χ2n) is 6.25. The van der Waals surface area contributed by atoms with Crippen LogP contribution in [0.25, 0.3) is 0 Å². The summed E-state index contributed by atoms with van der Waals surface area (Å²) < 4.78 is 38.6. The van der Waals surface area contributed by atoms with Crippen molar-refractivity contribution in [3.8, 4) is 0 Å². The first-order chi connectivity index (χ1) is 13.2. The van der Waals surface area contributed by atoms with E-state index in [1.807, 2.05) is 0 Å². The molecule has 148 valence electrons. The zero-order valence-electron chi connectivity index (χ0n) is 14.4. The van der Waals surface area contributed by atoms with E-state index in [0.717, 1.165) is 18.2 Å². The quantitative estimate of drug-likeness (QED) is 0.558. The van der Waals surface area contributed by atoms with Gasteiger partial charge in [-0.3, -0.25) is 14.9 Å². The van der Waals surface area contributed by atoms with Crippen molar-refractivity contribution in [3.63, 3.8) is 0 Å². The highest BCUT2D eigenvalue weighted by atomic mass is 35.5. The molecule has 1 aliphatic heterocycles. The summed E-state index contributed by atoms with van der Waals surface area (Å²) in [5.41, 5.74) is -0.500. The molecule has 1 fully saturated rings. The Hall–Kier alpha value is -2.81. The number of hydrogen-bond donors (Lipinski definition) is 0. The minimum Gasteiger partial charge on any atom is -0.368 e. The van der Waals surface area contributed by atoms with Gasteiger partial charge in [-0.1, -0.05) is 17.7 Å². The van der Waals surface area contributed by atoms with Gasteiger partial charge in [-0.2, -0.15) is 13.2 Å². The number of alkyl halides is 3. The van der Waals surface area contributed by atoms with Gasteiger partial charge in [0.05, 0.1) is 10.5 Å². The van der Waals surface area contributed by atoms with E-state index in [1.54, 1.807) is 11.0 Å². The van der Waals surface area contributed by atoms with Crippen molar-refractivity contribution in [2.24, 2.45) is 0 Å². The summed E-state index contributed by atoms with van der Waals surface area (Å²) in [7, 11) is 0. The molecule has 0 atom stereocenters. The highest BCUT2D eigenvalue weighted by Gasteiger charge is 2.31. The number of nitro benzene ring substituents is 1. The van der Waals surface area contributed by atoms with Gasteiger partial charge in [0.2, 0.25) is 0 Å². The van der Waals surface area contributed by atoms with Gasteiger partial charge in [0.1, 0.15) is 5.02 Å². The van der Waals surface area contributed by atoms with Crippen LogP contribution in [0.15, 0.2) is 42.5 Å². The highest BCUT2D eigenvalue weighted by molar-refractivity contribution is 6.32. The Balaban J connectivity index is 1.70. The lowest BCUT2D eigenvalue weighted by atomic mass is 10.1. The van der Waals surface area contributed by atoms with Crippen molar-refractivity contribution in [2.45, 2.75) is 6.18 Å². The summed E-state index contributed by atoms with van der Waals surface area (Å²) in [5.74, 6) is -0.386. The van der Waals surface area contributed by atoms with Gasteiger partial charge in [0.15, 0.2) is 0 Å². The molecular formula is C18H15ClF3N3O3. The van der Waals surface area contributed by atoms with Crippen molar-refractivity contribution in [2.75, 3.05) is 31.1 Å². The Morgan fingerprint density at radius 1 is 1.07 bits per heavy atom. The summed E-state index contributed by atoms with van der Waals surface area (Å²) in [6, 6.07) is 8.88. The number of nitro groups is 1. The number of halogens is 4. The monoisotopic (exact) mass is 413 g/mol. The zero-order valence-corrected chi connectivity index (χ0v) is 15.2. The fourth-order valence-electron chi connectivity index (χ4n) is 3.01. The van der Waals surface area contributed by atoms with Crippen LogP contribution in [0, 0.1) is 10.1 Å². The number of carbonyl (C=O) groups is 1. The Kier molecular flexibility index (Phi) is 5.46. The van der Waals surface area contributed by atoms with E-state index in [0.29, 0.717) is 18.8 Å². The average molecular weight is 414 g/mol. The molecule has 0 N–H and O–H groups in total. The predicted molar refractivity (Wildman–Crippen MR) is 97.7 cm³/mol. The number of piperazine rings is 1. The Labute approximate surface area is 163 Å². The molecule has 28 heavy (non-hydrogen) atoms. The summed E-state index contributed by atoms with van der Waals surface area (Å²) in [5, 5.41) is 10.9. The number of amides is 1. The molecule has 10 heteroatoms. The minimum absolute atomic E-state index is 0.0593. The van der Waals surface area contributed by atoms with Gasteiger partial charge in [-0.25, -0.2) is 0 Å². The average Bonchev–Trinajstić information content (AvgIpc) is 2.67. The van der Waals surface area contributed by atoms with E-state index in [9.17, 15) is 28.1 Å². The van der Waals surface area contributed by atoms with Gasteiger partial charge in [0.25, 0.3) is 11.6 Å². The van der Waals surface area contributed by atoms with Crippen LogP contribution in [-0.4, -0.2) is 41.9 Å². The highest BCUT2D eigenvalue weighted by Crippen LogP contribution is 2.32. The van der Waals surface area contributed by atoms with Gasteiger partial charge in [0, 0.05) is 43.5 Å². The summed E-state index contributed by atoms with van der Waals surface area (Å²) >= 11 is 5.76. The van der Waals surface area contributed by atoms with Crippen LogP contribution in [0.1, 0.15) is 15.9 Å². The van der Waals surface area contributed by atoms with Gasteiger partial charge in [-0.15, -0.1) is 0 Å². The lowest BCUT2D eigenvalue weighted by Crippen LogP contribution is -2.48. The lowest BCUT2D eigenvalue weighted by Gasteiger charge is -2.36. The van der Waals surface area contributed by atoms with Crippen LogP contribution in [0.2, 0.25) is 5.02 Å². The van der Waals surface area contributed by atoms with E-state index in [2.05, 4.69) is 0 Å². The van der Waals surface area contributed by atoms with Crippen LogP contribution >= 0.6 is 11.6 Å². The maximum absolute atomic E-state index is 12.9. The first kappa shape index (κ1) is 19.9. The Morgan fingerprint density at radius 2 is 1.75 bits per heavy atom. The minimum atomic E-state index is -4.42. The van der Waals surface area contributed by atoms with Crippen LogP contribution in [-0.2, 0) is 6.18 Å². The molecule has 6 nitrogen and oxygen atoms in total. The molecule has 1 aliphatic rings. The third-order valence-corrected chi connectivity index (χ3v) is 4.81. The molecule has 3 rings (SSSR count). The second kappa shape index (κ2) is 7.67. The number of benzene rings is 2. The van der Waals surface area contributed by atoms with Crippen LogP contribution in [0.4, 0.5) is 24.5 Å². The number of anilines is 1. The third kappa shape index (κ3) is 4.19. The van der Waals surface area contributed by atoms with E-state index in [4.69, 9.17) is 11.6 Å². The topological polar surface area (TPSA) is 66.7 Å². The Morgan fingerprint density at radius 3 is 2.36 bits per heavy atom. The standard InChI is InChI=1S/C18H15ClF3N3O3/c19-15-5-4-12(10-16(15)25(27)28)17(26)24-8-6-23(7-9-24)14-3-1-2-13(11-14)18(20,21)22/h1-5,10-11H,6-9H2. The maximum Gasteiger partial charge on any atom is 0.416 e. The molecule has 0 aromatic heterocycles. The maximum atomic E-state index is 12.9. The first-order valence-electron chi connectivity index (χ1n) is 8.32. The smallest absolute Gasteiger partial charge is 0.368 e. The molecule has 1 heterocycles. The van der Waals surface area contributed by atoms with Gasteiger partial charge in [-0.05, 0) is 30.3 Å². The molecular weight excluding hydrogens is 399 g/mol. The summed E-state index contributed by atoms with van der Waals surface area (Å²) in [4.78, 5) is 26.2. The van der Waals surface area contributed by atoms with E-state index >= 15 is 0 Å². The molecule has 0 saturated carbocycles.